The van der Waals surface area contributed by atoms with E-state index in [9.17, 15) is 8.42 Å². The first kappa shape index (κ1) is 19.3. The quantitative estimate of drug-likeness (QED) is 0.700. The lowest BCUT2D eigenvalue weighted by Crippen LogP contribution is -2.39. The molecule has 26 heavy (non-hydrogen) atoms. The van der Waals surface area contributed by atoms with Crippen LogP contribution in [-0.2, 0) is 15.8 Å². The first-order valence-corrected chi connectivity index (χ1v) is 11.6. The molecule has 2 aromatic rings. The van der Waals surface area contributed by atoms with Crippen LogP contribution in [0.2, 0.25) is 0 Å². The minimum Gasteiger partial charge on any atom is -0.303 e. The van der Waals surface area contributed by atoms with E-state index in [-0.39, 0.29) is 12.0 Å². The van der Waals surface area contributed by atoms with Gasteiger partial charge in [-0.2, -0.15) is 0 Å². The molecule has 2 aromatic heterocycles. The molecule has 7 nitrogen and oxygen atoms in total. The summed E-state index contributed by atoms with van der Waals surface area (Å²) in [6, 6.07) is 4.18. The fourth-order valence-corrected chi connectivity index (χ4v) is 5.16. The number of piperidine rings is 1. The number of pyridine rings is 1. The zero-order valence-electron chi connectivity index (χ0n) is 15.4. The van der Waals surface area contributed by atoms with E-state index in [1.54, 1.807) is 22.3 Å². The van der Waals surface area contributed by atoms with Gasteiger partial charge in [-0.15, -0.1) is 10.2 Å². The normalized spacial score (nSPS) is 19.2. The molecule has 0 radical (unpaired) electrons. The molecule has 142 valence electrons. The molecule has 1 aliphatic heterocycles. The van der Waals surface area contributed by atoms with E-state index in [1.165, 1.54) is 6.26 Å². The summed E-state index contributed by atoms with van der Waals surface area (Å²) in [5.74, 6) is 1.75. The predicted molar refractivity (Wildman–Crippen MR) is 103 cm³/mol. The van der Waals surface area contributed by atoms with Crippen molar-refractivity contribution in [1.29, 1.82) is 0 Å². The van der Waals surface area contributed by atoms with Crippen LogP contribution in [0.15, 0.2) is 29.7 Å². The predicted octanol–water partition coefficient (Wildman–Crippen LogP) is 2.69. The Balaban J connectivity index is 1.80. The maximum Gasteiger partial charge on any atom is 0.211 e. The number of sulfonamides is 1. The van der Waals surface area contributed by atoms with Crippen molar-refractivity contribution in [3.05, 3.63) is 35.9 Å². The Morgan fingerprint density at radius 1 is 1.35 bits per heavy atom. The monoisotopic (exact) mass is 395 g/mol. The van der Waals surface area contributed by atoms with Gasteiger partial charge < -0.3 is 4.57 Å². The highest BCUT2D eigenvalue weighted by Gasteiger charge is 2.31. The van der Waals surface area contributed by atoms with Crippen molar-refractivity contribution in [2.24, 2.45) is 0 Å². The molecule has 0 N–H and O–H groups in total. The summed E-state index contributed by atoms with van der Waals surface area (Å²) >= 11 is 1.64. The number of thioether (sulfide) groups is 1. The number of rotatable bonds is 6. The van der Waals surface area contributed by atoms with Crippen LogP contribution in [0.1, 0.15) is 50.0 Å². The standard InChI is InChI=1S/C17H25N5O2S2/c1-13(2)22-16(15-7-5-9-21(11-15)26(3,23)24)19-20-17(22)25-12-14-6-4-8-18-10-14/h4,6,8,10,13,15H,5,7,9,11-12H2,1-3H3. The highest BCUT2D eigenvalue weighted by Crippen LogP contribution is 2.32. The van der Waals surface area contributed by atoms with Crippen LogP contribution in [0.3, 0.4) is 0 Å². The van der Waals surface area contributed by atoms with Gasteiger partial charge in [0.25, 0.3) is 0 Å². The third kappa shape index (κ3) is 4.44. The summed E-state index contributed by atoms with van der Waals surface area (Å²) in [5, 5.41) is 9.72. The minimum atomic E-state index is -3.18. The number of aromatic nitrogens is 4. The van der Waals surface area contributed by atoms with Crippen LogP contribution in [0, 0.1) is 0 Å². The maximum atomic E-state index is 11.9. The summed E-state index contributed by atoms with van der Waals surface area (Å²) < 4.78 is 27.5. The van der Waals surface area contributed by atoms with Gasteiger partial charge >= 0.3 is 0 Å². The highest BCUT2D eigenvalue weighted by molar-refractivity contribution is 7.98. The van der Waals surface area contributed by atoms with Gasteiger partial charge in [-0.25, -0.2) is 12.7 Å². The third-order valence-electron chi connectivity index (χ3n) is 4.52. The van der Waals surface area contributed by atoms with Crippen molar-refractivity contribution in [3.63, 3.8) is 0 Å². The van der Waals surface area contributed by atoms with Crippen molar-refractivity contribution in [3.8, 4) is 0 Å². The zero-order valence-corrected chi connectivity index (χ0v) is 17.0. The SMILES string of the molecule is CC(C)n1c(SCc2cccnc2)nnc1C1CCCN(S(C)(=O)=O)C1. The van der Waals surface area contributed by atoms with Gasteiger partial charge in [0.1, 0.15) is 5.82 Å². The first-order chi connectivity index (χ1) is 12.4. The van der Waals surface area contributed by atoms with Gasteiger partial charge in [0.2, 0.25) is 10.0 Å². The van der Waals surface area contributed by atoms with Crippen molar-refractivity contribution < 1.29 is 8.42 Å². The molecule has 3 heterocycles. The first-order valence-electron chi connectivity index (χ1n) is 8.78. The van der Waals surface area contributed by atoms with Gasteiger partial charge in [-0.05, 0) is 38.3 Å². The summed E-state index contributed by atoms with van der Waals surface area (Å²) in [5.41, 5.74) is 1.14. The Morgan fingerprint density at radius 3 is 2.81 bits per heavy atom. The molecule has 0 amide bonds. The molecule has 3 rings (SSSR count). The van der Waals surface area contributed by atoms with Crippen LogP contribution < -0.4 is 0 Å². The van der Waals surface area contributed by atoms with Crippen molar-refractivity contribution in [1.82, 2.24) is 24.1 Å². The lowest BCUT2D eigenvalue weighted by atomic mass is 9.98. The Kier molecular flexibility index (Phi) is 5.99. The van der Waals surface area contributed by atoms with E-state index < -0.39 is 10.0 Å². The lowest BCUT2D eigenvalue weighted by Gasteiger charge is -2.31. The topological polar surface area (TPSA) is 81.0 Å². The molecule has 0 saturated carbocycles. The zero-order chi connectivity index (χ0) is 18.7. The van der Waals surface area contributed by atoms with E-state index in [0.29, 0.717) is 13.1 Å². The largest absolute Gasteiger partial charge is 0.303 e. The molecule has 0 aliphatic carbocycles. The Hall–Kier alpha value is -1.45. The molecule has 1 atom stereocenters. The lowest BCUT2D eigenvalue weighted by molar-refractivity contribution is 0.302. The smallest absolute Gasteiger partial charge is 0.211 e. The van der Waals surface area contributed by atoms with Crippen molar-refractivity contribution in [2.75, 3.05) is 19.3 Å². The van der Waals surface area contributed by atoms with Crippen LogP contribution in [0.5, 0.6) is 0 Å². The molecule has 9 heteroatoms. The van der Waals surface area contributed by atoms with Crippen LogP contribution in [-0.4, -0.2) is 51.8 Å². The fraction of sp³-hybridized carbons (Fsp3) is 0.588. The second-order valence-electron chi connectivity index (χ2n) is 6.91. The van der Waals surface area contributed by atoms with Gasteiger partial charge in [0, 0.05) is 43.2 Å². The van der Waals surface area contributed by atoms with Gasteiger partial charge in [0.05, 0.1) is 6.26 Å². The second kappa shape index (κ2) is 8.06. The molecular weight excluding hydrogens is 370 g/mol. The Morgan fingerprint density at radius 2 is 2.15 bits per heavy atom. The summed E-state index contributed by atoms with van der Waals surface area (Å²) in [7, 11) is -3.18. The molecule has 1 fully saturated rings. The number of nitrogens with zero attached hydrogens (tertiary/aromatic N) is 5. The molecule has 0 spiro atoms. The molecule has 0 aromatic carbocycles. The number of hydrogen-bond acceptors (Lipinski definition) is 6. The third-order valence-corrected chi connectivity index (χ3v) is 6.80. The van der Waals surface area contributed by atoms with E-state index in [4.69, 9.17) is 0 Å². The molecule has 0 bridgehead atoms. The van der Waals surface area contributed by atoms with E-state index in [2.05, 4.69) is 33.6 Å². The summed E-state index contributed by atoms with van der Waals surface area (Å²) in [6.45, 7) is 5.29. The fourth-order valence-electron chi connectivity index (χ4n) is 3.24. The van der Waals surface area contributed by atoms with Gasteiger partial charge in [0.15, 0.2) is 5.16 Å². The van der Waals surface area contributed by atoms with Crippen LogP contribution >= 0.6 is 11.8 Å². The van der Waals surface area contributed by atoms with E-state index >= 15 is 0 Å². The highest BCUT2D eigenvalue weighted by atomic mass is 32.2. The van der Waals surface area contributed by atoms with Gasteiger partial charge in [-0.3, -0.25) is 4.98 Å². The van der Waals surface area contributed by atoms with Crippen LogP contribution in [0.4, 0.5) is 0 Å². The van der Waals surface area contributed by atoms with Crippen LogP contribution in [0.25, 0.3) is 0 Å². The molecule has 1 saturated heterocycles. The second-order valence-corrected chi connectivity index (χ2v) is 9.84. The molecular formula is C17H25N5O2S2. The minimum absolute atomic E-state index is 0.0844. The van der Waals surface area contributed by atoms with E-state index in [0.717, 1.165) is 35.1 Å². The molecule has 1 unspecified atom stereocenters. The Bertz CT molecular complexity index is 836. The van der Waals surface area contributed by atoms with Gasteiger partial charge in [-0.1, -0.05) is 17.8 Å². The Labute approximate surface area is 159 Å². The van der Waals surface area contributed by atoms with Crippen molar-refractivity contribution in [2.45, 2.75) is 49.6 Å². The average molecular weight is 396 g/mol. The number of hydrogen-bond donors (Lipinski definition) is 0. The van der Waals surface area contributed by atoms with Crippen molar-refractivity contribution >= 4 is 21.8 Å². The summed E-state index contributed by atoms with van der Waals surface area (Å²) in [6.07, 6.45) is 6.68. The maximum absolute atomic E-state index is 11.9. The van der Waals surface area contributed by atoms with E-state index in [1.807, 2.05) is 18.3 Å². The summed E-state index contributed by atoms with van der Waals surface area (Å²) in [4.78, 5) is 4.15. The average Bonchev–Trinajstić information content (AvgIpc) is 3.04. The molecule has 1 aliphatic rings.